The molecule has 1 aromatic carbocycles. The first kappa shape index (κ1) is 23.5. The molecule has 0 spiro atoms. The van der Waals surface area contributed by atoms with Gasteiger partial charge in [0, 0.05) is 30.3 Å². The fourth-order valence-electron chi connectivity index (χ4n) is 5.66. The van der Waals surface area contributed by atoms with E-state index in [1.165, 1.54) is 13.0 Å². The van der Waals surface area contributed by atoms with Gasteiger partial charge >= 0.3 is 5.97 Å². The maximum atomic E-state index is 13.7. The van der Waals surface area contributed by atoms with E-state index in [4.69, 9.17) is 10.5 Å². The normalized spacial score (nSPS) is 30.5. The Hall–Kier alpha value is -3.66. The molecule has 1 saturated carbocycles. The number of benzene rings is 1. The minimum Gasteiger partial charge on any atom is -0.508 e. The van der Waals surface area contributed by atoms with Crippen molar-refractivity contribution in [2.45, 2.75) is 51.2 Å². The van der Waals surface area contributed by atoms with E-state index in [1.807, 2.05) is 0 Å². The summed E-state index contributed by atoms with van der Waals surface area (Å²) < 4.78 is 5.63. The summed E-state index contributed by atoms with van der Waals surface area (Å²) in [6.45, 7) is 4.99. The van der Waals surface area contributed by atoms with E-state index in [1.54, 1.807) is 19.9 Å². The number of aliphatic hydroxyl groups is 3. The van der Waals surface area contributed by atoms with Gasteiger partial charge in [0.05, 0.1) is 5.56 Å². The third-order valence-electron chi connectivity index (χ3n) is 7.22. The zero-order chi connectivity index (χ0) is 25.3. The van der Waals surface area contributed by atoms with E-state index in [0.717, 1.165) is 0 Å². The number of hydrogen-bond acceptors (Lipinski definition) is 9. The van der Waals surface area contributed by atoms with Crippen LogP contribution in [0.2, 0.25) is 0 Å². The summed E-state index contributed by atoms with van der Waals surface area (Å²) in [4.78, 5) is 50.6. The van der Waals surface area contributed by atoms with Crippen molar-refractivity contribution in [1.82, 2.24) is 0 Å². The van der Waals surface area contributed by atoms with Gasteiger partial charge in [0.1, 0.15) is 28.9 Å². The van der Waals surface area contributed by atoms with Crippen LogP contribution in [0.25, 0.3) is 5.76 Å². The molecule has 6 N–H and O–H groups in total. The molecule has 0 unspecified atom stereocenters. The number of aryl methyl sites for hydroxylation is 1. The van der Waals surface area contributed by atoms with E-state index in [-0.39, 0.29) is 23.3 Å². The van der Waals surface area contributed by atoms with E-state index < -0.39 is 76.4 Å². The molecule has 5 atom stereocenters. The molecule has 3 aliphatic rings. The molecular formula is C24H25NO9. The fraction of sp³-hybridized carbons (Fsp3) is 0.417. The van der Waals surface area contributed by atoms with Crippen LogP contribution in [-0.4, -0.2) is 55.6 Å². The van der Waals surface area contributed by atoms with Gasteiger partial charge in [-0.25, -0.2) is 0 Å². The monoisotopic (exact) mass is 471 g/mol. The summed E-state index contributed by atoms with van der Waals surface area (Å²) >= 11 is 0. The molecule has 10 nitrogen and oxygen atoms in total. The highest BCUT2D eigenvalue weighted by molar-refractivity contribution is 6.23. The van der Waals surface area contributed by atoms with Crippen molar-refractivity contribution in [1.29, 1.82) is 0 Å². The van der Waals surface area contributed by atoms with Crippen LogP contribution >= 0.6 is 0 Å². The lowest BCUT2D eigenvalue weighted by Crippen LogP contribution is -2.64. The van der Waals surface area contributed by atoms with Crippen molar-refractivity contribution in [2.24, 2.45) is 17.6 Å². The lowest BCUT2D eigenvalue weighted by Gasteiger charge is -2.51. The Morgan fingerprint density at radius 1 is 1.21 bits per heavy atom. The first-order valence-electron chi connectivity index (χ1n) is 10.9. The predicted octanol–water partition coefficient (Wildman–Crippen LogP) is 1.23. The Balaban J connectivity index is 2.07. The van der Waals surface area contributed by atoms with Crippen molar-refractivity contribution in [3.05, 3.63) is 45.7 Å². The van der Waals surface area contributed by atoms with Gasteiger partial charge in [0.25, 0.3) is 5.91 Å². The number of primary amides is 1. The van der Waals surface area contributed by atoms with Crippen molar-refractivity contribution < 1.29 is 44.3 Å². The topological polar surface area (TPSA) is 184 Å². The number of esters is 1. The number of Topliss-reactive ketones (excluding diaryl/α,β-unsaturated/α-hetero) is 2. The fourth-order valence-corrected chi connectivity index (χ4v) is 5.66. The number of amides is 1. The highest BCUT2D eigenvalue weighted by atomic mass is 16.5. The van der Waals surface area contributed by atoms with Gasteiger partial charge in [-0.05, 0) is 30.0 Å². The molecule has 34 heavy (non-hydrogen) atoms. The summed E-state index contributed by atoms with van der Waals surface area (Å²) in [7, 11) is 0. The summed E-state index contributed by atoms with van der Waals surface area (Å²) in [6, 6.07) is 2.98. The van der Waals surface area contributed by atoms with E-state index >= 15 is 0 Å². The van der Waals surface area contributed by atoms with Gasteiger partial charge in [0.15, 0.2) is 11.4 Å². The number of aliphatic hydroxyl groups excluding tert-OH is 2. The quantitative estimate of drug-likeness (QED) is 0.319. The molecule has 0 aromatic heterocycles. The second-order valence-electron chi connectivity index (χ2n) is 8.99. The van der Waals surface area contributed by atoms with Crippen molar-refractivity contribution in [2.75, 3.05) is 0 Å². The van der Waals surface area contributed by atoms with E-state index in [0.29, 0.717) is 11.1 Å². The number of nitrogens with two attached hydrogens (primary N) is 1. The standard InChI is InChI=1S/C24H25NO9/c1-4-13(28)34-20-10-7-12(27)17(23(25)32)21(30)24(10,33)22(31)18-15(20)9(3)14-8(2)5-6-11(26)16(14)19(18)29/h5-6,9-10,15,20,26,29-30,33H,4,7H2,1-3H3,(H2,25,32)/t9-,10+,15+,20+,24+/m0/s1. The van der Waals surface area contributed by atoms with Crippen LogP contribution < -0.4 is 5.73 Å². The van der Waals surface area contributed by atoms with Gasteiger partial charge in [-0.3, -0.25) is 19.2 Å². The number of rotatable bonds is 3. The average molecular weight is 471 g/mol. The Morgan fingerprint density at radius 3 is 2.44 bits per heavy atom. The van der Waals surface area contributed by atoms with E-state index in [9.17, 15) is 39.6 Å². The molecule has 0 bridgehead atoms. The molecule has 0 heterocycles. The summed E-state index contributed by atoms with van der Waals surface area (Å²) in [5.41, 5.74) is 2.25. The van der Waals surface area contributed by atoms with Crippen LogP contribution in [0.1, 0.15) is 49.3 Å². The predicted molar refractivity (Wildman–Crippen MR) is 116 cm³/mol. The highest BCUT2D eigenvalue weighted by Gasteiger charge is 2.66. The van der Waals surface area contributed by atoms with E-state index in [2.05, 4.69) is 0 Å². The number of hydrogen-bond donors (Lipinski definition) is 5. The molecule has 180 valence electrons. The summed E-state index contributed by atoms with van der Waals surface area (Å²) in [5, 5.41) is 43.9. The number of carbonyl (C=O) groups excluding carboxylic acids is 4. The lowest BCUT2D eigenvalue weighted by atomic mass is 9.55. The third-order valence-corrected chi connectivity index (χ3v) is 7.22. The SMILES string of the molecule is CCC(=O)O[C@H]1[C@H]2C(=C(O)c3c(O)ccc(C)c3[C@@H]2C)C(=O)[C@]2(O)C(O)=C(C(N)=O)C(=O)C[C@H]12. The Labute approximate surface area is 194 Å². The summed E-state index contributed by atoms with van der Waals surface area (Å²) in [6.07, 6.45) is -1.98. The number of phenols is 1. The molecule has 1 fully saturated rings. The molecule has 3 aliphatic carbocycles. The molecule has 0 saturated heterocycles. The number of ether oxygens (including phenoxy) is 1. The van der Waals surface area contributed by atoms with Crippen molar-refractivity contribution in [3.63, 3.8) is 0 Å². The van der Waals surface area contributed by atoms with Gasteiger partial charge in [-0.15, -0.1) is 0 Å². The maximum Gasteiger partial charge on any atom is 0.305 e. The Bertz CT molecular complexity index is 1230. The first-order valence-corrected chi connectivity index (χ1v) is 10.9. The van der Waals surface area contributed by atoms with Crippen LogP contribution in [-0.2, 0) is 23.9 Å². The van der Waals surface area contributed by atoms with Crippen LogP contribution in [0.3, 0.4) is 0 Å². The second kappa shape index (κ2) is 7.69. The first-order chi connectivity index (χ1) is 15.9. The number of aromatic hydroxyl groups is 1. The average Bonchev–Trinajstić information content (AvgIpc) is 2.77. The molecule has 0 aliphatic heterocycles. The number of ketones is 2. The second-order valence-corrected chi connectivity index (χ2v) is 8.99. The third kappa shape index (κ3) is 2.91. The molecule has 10 heteroatoms. The Kier molecular flexibility index (Phi) is 5.32. The van der Waals surface area contributed by atoms with Gasteiger partial charge in [-0.1, -0.05) is 19.9 Å². The van der Waals surface area contributed by atoms with Crippen LogP contribution in [0.5, 0.6) is 5.75 Å². The van der Waals surface area contributed by atoms with Gasteiger partial charge in [0.2, 0.25) is 5.78 Å². The van der Waals surface area contributed by atoms with Crippen LogP contribution in [0.15, 0.2) is 29.0 Å². The largest absolute Gasteiger partial charge is 0.508 e. The van der Waals surface area contributed by atoms with Gasteiger partial charge in [-0.2, -0.15) is 0 Å². The highest BCUT2D eigenvalue weighted by Crippen LogP contribution is 2.56. The summed E-state index contributed by atoms with van der Waals surface area (Å²) in [5.74, 6) is -9.32. The zero-order valence-electron chi connectivity index (χ0n) is 18.8. The molecule has 0 radical (unpaired) electrons. The smallest absolute Gasteiger partial charge is 0.305 e. The van der Waals surface area contributed by atoms with Crippen LogP contribution in [0.4, 0.5) is 0 Å². The number of carbonyl (C=O) groups is 4. The molecule has 4 rings (SSSR count). The number of fused-ring (bicyclic) bond motifs is 3. The number of phenolic OH excluding ortho intramolecular Hbond substituents is 1. The zero-order valence-corrected chi connectivity index (χ0v) is 18.8. The van der Waals surface area contributed by atoms with Crippen molar-refractivity contribution >= 4 is 29.2 Å². The minimum atomic E-state index is -2.85. The molecule has 1 amide bonds. The van der Waals surface area contributed by atoms with Gasteiger partial charge < -0.3 is 30.9 Å². The van der Waals surface area contributed by atoms with Crippen molar-refractivity contribution in [3.8, 4) is 5.75 Å². The molecule has 1 aromatic rings. The molecular weight excluding hydrogens is 446 g/mol. The lowest BCUT2D eigenvalue weighted by molar-refractivity contribution is -0.178. The van der Waals surface area contributed by atoms with Crippen LogP contribution in [0, 0.1) is 18.8 Å². The Morgan fingerprint density at radius 2 is 1.85 bits per heavy atom. The minimum absolute atomic E-state index is 0.0137. The maximum absolute atomic E-state index is 13.7.